The molecule has 43 heavy (non-hydrogen) atoms. The molecule has 0 atom stereocenters. The maximum absolute atomic E-state index is 13.1. The summed E-state index contributed by atoms with van der Waals surface area (Å²) in [7, 11) is 0. The van der Waals surface area contributed by atoms with Crippen LogP contribution in [-0.2, 0) is 17.5 Å². The lowest BCUT2D eigenvalue weighted by Gasteiger charge is -2.23. The van der Waals surface area contributed by atoms with Gasteiger partial charge in [-0.1, -0.05) is 35.9 Å². The normalized spacial score (nSPS) is 11.3. The molecule has 0 bridgehead atoms. The number of hydrogen-bond acceptors (Lipinski definition) is 6. The molecule has 4 aromatic rings. The second-order valence-electron chi connectivity index (χ2n) is 10.6. The number of carbonyl (C=O) groups is 2. The first kappa shape index (κ1) is 33.6. The van der Waals surface area contributed by atoms with Crippen LogP contribution in [0.5, 0.6) is 0 Å². The van der Waals surface area contributed by atoms with Crippen LogP contribution >= 0.6 is 22.9 Å². The lowest BCUT2D eigenvalue weighted by Crippen LogP contribution is -2.26. The highest BCUT2D eigenvalue weighted by molar-refractivity contribution is 7.14. The molecule has 4 rings (SSSR count). The number of nitrogens with two attached hydrogens (primary N) is 1. The molecule has 0 saturated heterocycles. The molecule has 0 radical (unpaired) electrons. The van der Waals surface area contributed by atoms with E-state index >= 15 is 0 Å². The largest absolute Gasteiger partial charge is 0.481 e. The van der Waals surface area contributed by atoms with Gasteiger partial charge in [-0.3, -0.25) is 9.59 Å². The summed E-state index contributed by atoms with van der Waals surface area (Å²) in [6.45, 7) is 6.18. The number of carboxylic acid groups (broad SMARTS) is 1. The summed E-state index contributed by atoms with van der Waals surface area (Å²) in [5.41, 5.74) is 7.82. The molecule has 0 saturated carbocycles. The molecule has 1 heterocycles. The highest BCUT2D eigenvalue weighted by atomic mass is 35.5. The Hall–Kier alpha value is -3.93. The van der Waals surface area contributed by atoms with Crippen LogP contribution in [0.15, 0.2) is 78.2 Å². The fourth-order valence-corrected chi connectivity index (χ4v) is 4.55. The Balaban J connectivity index is 0.000000934. The van der Waals surface area contributed by atoms with Crippen molar-refractivity contribution in [2.24, 2.45) is 5.73 Å². The van der Waals surface area contributed by atoms with Crippen LogP contribution in [0.25, 0.3) is 11.3 Å². The van der Waals surface area contributed by atoms with Gasteiger partial charge in [-0.25, -0.2) is 4.98 Å². The number of thiazole rings is 1. The van der Waals surface area contributed by atoms with Crippen LogP contribution in [0.2, 0.25) is 5.02 Å². The van der Waals surface area contributed by atoms with Gasteiger partial charge in [0.15, 0.2) is 5.13 Å². The summed E-state index contributed by atoms with van der Waals surface area (Å²) in [5, 5.41) is 14.3. The predicted octanol–water partition coefficient (Wildman–Crippen LogP) is 7.77. The van der Waals surface area contributed by atoms with E-state index in [9.17, 15) is 22.8 Å². The lowest BCUT2D eigenvalue weighted by molar-refractivity contribution is -0.138. The summed E-state index contributed by atoms with van der Waals surface area (Å²) in [5.74, 6) is -1.41. The Labute approximate surface area is 257 Å². The zero-order valence-corrected chi connectivity index (χ0v) is 25.4. The molecule has 228 valence electrons. The second-order valence-corrected chi connectivity index (χ2v) is 11.9. The average molecular weight is 633 g/mol. The summed E-state index contributed by atoms with van der Waals surface area (Å²) < 4.78 is 39.4. The number of halogens is 4. The number of nitrogens with zero attached hydrogens (tertiary/aromatic N) is 2. The molecule has 7 nitrogen and oxygen atoms in total. The molecular formula is C31H32ClF3N4O3S. The summed E-state index contributed by atoms with van der Waals surface area (Å²) in [6, 6.07) is 18.7. The SMILES string of the molecule is CC(C)(C)N.O=C(O)CCNC(=O)c1ccc(CN(c2ccc(C(F)(F)F)cc2)c2nc(-c3ccc(Cl)cc3)cs2)cc1. The molecule has 12 heteroatoms. The Kier molecular flexibility index (Phi) is 11.3. The maximum atomic E-state index is 13.1. The quantitative estimate of drug-likeness (QED) is 0.174. The minimum Gasteiger partial charge on any atom is -0.481 e. The van der Waals surface area contributed by atoms with E-state index in [1.807, 2.05) is 38.3 Å². The number of nitrogens with one attached hydrogen (secondary N) is 1. The number of aliphatic carboxylic acids is 1. The fraction of sp³-hybridized carbons (Fsp3) is 0.258. The molecule has 3 aromatic carbocycles. The fourth-order valence-electron chi connectivity index (χ4n) is 3.57. The molecular weight excluding hydrogens is 601 g/mol. The first-order valence-corrected chi connectivity index (χ1v) is 14.4. The number of anilines is 2. The van der Waals surface area contributed by atoms with Crippen LogP contribution in [0.4, 0.5) is 24.0 Å². The Morgan fingerprint density at radius 3 is 2.09 bits per heavy atom. The highest BCUT2D eigenvalue weighted by Crippen LogP contribution is 2.36. The van der Waals surface area contributed by atoms with E-state index in [0.29, 0.717) is 27.1 Å². The van der Waals surface area contributed by atoms with E-state index in [-0.39, 0.29) is 25.0 Å². The van der Waals surface area contributed by atoms with Crippen LogP contribution in [-0.4, -0.2) is 34.1 Å². The van der Waals surface area contributed by atoms with Crippen molar-refractivity contribution >= 4 is 45.6 Å². The minimum absolute atomic E-state index is 0. The van der Waals surface area contributed by atoms with Crippen molar-refractivity contribution in [1.82, 2.24) is 10.3 Å². The molecule has 0 spiro atoms. The summed E-state index contributed by atoms with van der Waals surface area (Å²) in [6.07, 6.45) is -4.63. The van der Waals surface area contributed by atoms with Crippen LogP contribution in [0.1, 0.15) is 48.7 Å². The van der Waals surface area contributed by atoms with Crippen molar-refractivity contribution < 1.29 is 27.9 Å². The number of carboxylic acids is 1. The van der Waals surface area contributed by atoms with E-state index in [2.05, 4.69) is 5.32 Å². The third kappa shape index (κ3) is 11.0. The number of carbonyl (C=O) groups excluding carboxylic acids is 1. The number of rotatable bonds is 9. The first-order valence-electron chi connectivity index (χ1n) is 13.1. The van der Waals surface area contributed by atoms with Gasteiger partial charge in [-0.15, -0.1) is 11.3 Å². The number of hydrogen-bond donors (Lipinski definition) is 3. The van der Waals surface area contributed by atoms with E-state index in [0.717, 1.165) is 23.3 Å². The molecule has 0 unspecified atom stereocenters. The zero-order valence-electron chi connectivity index (χ0n) is 23.8. The standard InChI is InChI=1S/C27H21ClF3N3O3S.C4H11N/c28-21-9-5-18(6-10-21)23-16-38-26(33-23)34(22-11-7-20(8-12-22)27(29,30)31)15-17-1-3-19(4-2-17)25(37)32-14-13-24(35)36;1-4(2,3)5/h1-12,16H,13-15H2,(H,32,37)(H,35,36);5H2,1-3H3. The number of aromatic nitrogens is 1. The van der Waals surface area contributed by atoms with Gasteiger partial charge < -0.3 is 21.1 Å². The van der Waals surface area contributed by atoms with Crippen molar-refractivity contribution in [2.75, 3.05) is 11.4 Å². The molecule has 1 aromatic heterocycles. The van der Waals surface area contributed by atoms with Gasteiger partial charge >= 0.3 is 12.1 Å². The summed E-state index contributed by atoms with van der Waals surface area (Å²) >= 11 is 7.33. The maximum Gasteiger partial charge on any atom is 0.416 e. The van der Waals surface area contributed by atoms with Crippen molar-refractivity contribution in [3.05, 3.63) is 99.9 Å². The van der Waals surface area contributed by atoms with Crippen LogP contribution in [0, 0.1) is 0 Å². The van der Waals surface area contributed by atoms with Crippen LogP contribution < -0.4 is 16.0 Å². The van der Waals surface area contributed by atoms with Gasteiger partial charge in [0.1, 0.15) is 0 Å². The predicted molar refractivity (Wildman–Crippen MR) is 165 cm³/mol. The Morgan fingerprint density at radius 1 is 0.977 bits per heavy atom. The number of benzene rings is 3. The van der Waals surface area contributed by atoms with E-state index in [1.54, 1.807) is 41.3 Å². The average Bonchev–Trinajstić information content (AvgIpc) is 3.41. The zero-order chi connectivity index (χ0) is 31.8. The molecule has 0 aliphatic carbocycles. The minimum atomic E-state index is -4.45. The van der Waals surface area contributed by atoms with Crippen LogP contribution in [0.3, 0.4) is 0 Å². The Morgan fingerprint density at radius 2 is 1.56 bits per heavy atom. The molecule has 0 fully saturated rings. The molecule has 1 amide bonds. The van der Waals surface area contributed by atoms with Gasteiger partial charge in [0.25, 0.3) is 5.91 Å². The van der Waals surface area contributed by atoms with E-state index in [4.69, 9.17) is 27.4 Å². The van der Waals surface area contributed by atoms with E-state index in [1.165, 1.54) is 23.5 Å². The topological polar surface area (TPSA) is 109 Å². The third-order valence-corrected chi connectivity index (χ3v) is 6.67. The number of alkyl halides is 3. The number of amides is 1. The van der Waals surface area contributed by atoms with Crippen molar-refractivity contribution in [3.8, 4) is 11.3 Å². The third-order valence-electron chi connectivity index (χ3n) is 5.55. The van der Waals surface area contributed by atoms with Gasteiger partial charge in [-0.2, -0.15) is 13.2 Å². The van der Waals surface area contributed by atoms with Crippen molar-refractivity contribution in [3.63, 3.8) is 0 Å². The highest BCUT2D eigenvalue weighted by Gasteiger charge is 2.30. The smallest absolute Gasteiger partial charge is 0.416 e. The van der Waals surface area contributed by atoms with E-state index < -0.39 is 23.6 Å². The second kappa shape index (κ2) is 14.5. The van der Waals surface area contributed by atoms with Gasteiger partial charge in [0.2, 0.25) is 0 Å². The molecule has 4 N–H and O–H groups in total. The van der Waals surface area contributed by atoms with Gasteiger partial charge in [0, 0.05) is 39.3 Å². The van der Waals surface area contributed by atoms with Gasteiger partial charge in [-0.05, 0) is 74.9 Å². The Bertz CT molecular complexity index is 1500. The van der Waals surface area contributed by atoms with Gasteiger partial charge in [0.05, 0.1) is 24.2 Å². The van der Waals surface area contributed by atoms with Crippen molar-refractivity contribution in [1.29, 1.82) is 0 Å². The first-order chi connectivity index (χ1) is 20.1. The lowest BCUT2D eigenvalue weighted by atomic mass is 10.1. The molecule has 0 aliphatic rings. The van der Waals surface area contributed by atoms with Crippen molar-refractivity contribution in [2.45, 2.75) is 45.5 Å². The summed E-state index contributed by atoms with van der Waals surface area (Å²) in [4.78, 5) is 29.4. The molecule has 0 aliphatic heterocycles. The monoisotopic (exact) mass is 632 g/mol.